The summed E-state index contributed by atoms with van der Waals surface area (Å²) in [4.78, 5) is 11.4. The van der Waals surface area contributed by atoms with Crippen molar-refractivity contribution >= 4 is 5.69 Å². The molecule has 17 heavy (non-hydrogen) atoms. The van der Waals surface area contributed by atoms with Crippen LogP contribution in [0.5, 0.6) is 0 Å². The first-order chi connectivity index (χ1) is 8.27. The summed E-state index contributed by atoms with van der Waals surface area (Å²) in [6.07, 6.45) is 1.62. The summed E-state index contributed by atoms with van der Waals surface area (Å²) in [7, 11) is 0. The molecule has 0 unspecified atom stereocenters. The van der Waals surface area contributed by atoms with E-state index in [4.69, 9.17) is 0 Å². The van der Waals surface area contributed by atoms with Crippen LogP contribution in [0.1, 0.15) is 5.56 Å². The molecule has 0 amide bonds. The Bertz CT molecular complexity index is 548. The first-order valence-electron chi connectivity index (χ1n) is 5.59. The molecule has 88 valence electrons. The zero-order valence-corrected chi connectivity index (χ0v) is 9.76. The molecule has 0 saturated carbocycles. The van der Waals surface area contributed by atoms with Crippen LogP contribution in [-0.2, 0) is 6.54 Å². The molecule has 0 atom stereocenters. The van der Waals surface area contributed by atoms with E-state index < -0.39 is 0 Å². The lowest BCUT2D eigenvalue weighted by molar-refractivity contribution is 0.597. The van der Waals surface area contributed by atoms with Gasteiger partial charge in [0.1, 0.15) is 0 Å². The van der Waals surface area contributed by atoms with E-state index in [-0.39, 0.29) is 5.56 Å². The van der Waals surface area contributed by atoms with Gasteiger partial charge in [-0.3, -0.25) is 4.79 Å². The number of hydrogen-bond acceptors (Lipinski definition) is 3. The molecule has 4 nitrogen and oxygen atoms in total. The molecule has 0 saturated heterocycles. The summed E-state index contributed by atoms with van der Waals surface area (Å²) in [6.45, 7) is 3.30. The smallest absolute Gasteiger partial charge is 0.266 e. The van der Waals surface area contributed by atoms with Crippen LogP contribution in [0, 0.1) is 6.92 Å². The van der Waals surface area contributed by atoms with Crippen molar-refractivity contribution < 1.29 is 0 Å². The number of anilines is 1. The molecule has 0 fully saturated rings. The van der Waals surface area contributed by atoms with Crippen LogP contribution in [0.3, 0.4) is 0 Å². The number of aromatic nitrogens is 2. The number of nitrogens with one attached hydrogen (secondary N) is 1. The average Bonchev–Trinajstić information content (AvgIpc) is 2.34. The second-order valence-electron chi connectivity index (χ2n) is 3.83. The molecule has 1 aromatic heterocycles. The summed E-state index contributed by atoms with van der Waals surface area (Å²) in [6, 6.07) is 11.2. The van der Waals surface area contributed by atoms with Crippen molar-refractivity contribution in [1.29, 1.82) is 0 Å². The number of benzene rings is 1. The van der Waals surface area contributed by atoms with Crippen LogP contribution in [0.25, 0.3) is 0 Å². The van der Waals surface area contributed by atoms with Gasteiger partial charge < -0.3 is 5.32 Å². The number of hydrogen-bond donors (Lipinski definition) is 1. The monoisotopic (exact) mass is 229 g/mol. The van der Waals surface area contributed by atoms with Gasteiger partial charge in [0.25, 0.3) is 5.56 Å². The maximum atomic E-state index is 11.4. The average molecular weight is 229 g/mol. The lowest BCUT2D eigenvalue weighted by Gasteiger charge is -2.09. The molecule has 1 N–H and O–H groups in total. The minimum absolute atomic E-state index is 0.0703. The van der Waals surface area contributed by atoms with Gasteiger partial charge in [0.05, 0.1) is 6.54 Å². The van der Waals surface area contributed by atoms with E-state index in [1.54, 1.807) is 12.3 Å². The van der Waals surface area contributed by atoms with Crippen molar-refractivity contribution in [3.63, 3.8) is 0 Å². The Balaban J connectivity index is 1.95. The quantitative estimate of drug-likeness (QED) is 0.867. The van der Waals surface area contributed by atoms with Gasteiger partial charge in [-0.05, 0) is 24.6 Å². The highest BCUT2D eigenvalue weighted by Gasteiger charge is 1.97. The summed E-state index contributed by atoms with van der Waals surface area (Å²) in [5, 5.41) is 7.28. The number of aryl methyl sites for hydroxylation is 1. The minimum atomic E-state index is -0.0703. The lowest BCUT2D eigenvalue weighted by atomic mass is 10.2. The molecule has 1 heterocycles. The fraction of sp³-hybridized carbons (Fsp3) is 0.231. The SMILES string of the molecule is Cc1ccccc1NCCn1ncccc1=O. The van der Waals surface area contributed by atoms with Crippen molar-refractivity contribution in [2.24, 2.45) is 0 Å². The predicted octanol–water partition coefficient (Wildman–Crippen LogP) is 1.66. The molecule has 0 radical (unpaired) electrons. The summed E-state index contributed by atoms with van der Waals surface area (Å²) < 4.78 is 1.45. The summed E-state index contributed by atoms with van der Waals surface area (Å²) in [5.41, 5.74) is 2.22. The maximum Gasteiger partial charge on any atom is 0.266 e. The highest BCUT2D eigenvalue weighted by atomic mass is 16.1. The molecular formula is C13H15N3O. The maximum absolute atomic E-state index is 11.4. The Kier molecular flexibility index (Phi) is 3.55. The van der Waals surface area contributed by atoms with Gasteiger partial charge in [-0.1, -0.05) is 18.2 Å². The second kappa shape index (κ2) is 5.30. The van der Waals surface area contributed by atoms with E-state index in [2.05, 4.69) is 23.4 Å². The summed E-state index contributed by atoms with van der Waals surface area (Å²) in [5.74, 6) is 0. The van der Waals surface area contributed by atoms with Gasteiger partial charge in [0.15, 0.2) is 0 Å². The van der Waals surface area contributed by atoms with Crippen molar-refractivity contribution in [2.45, 2.75) is 13.5 Å². The zero-order chi connectivity index (χ0) is 12.1. The van der Waals surface area contributed by atoms with E-state index in [0.29, 0.717) is 13.1 Å². The topological polar surface area (TPSA) is 46.9 Å². The highest BCUT2D eigenvalue weighted by molar-refractivity contribution is 5.49. The standard InChI is InChI=1S/C13H15N3O/c1-11-5-2-3-6-12(11)14-9-10-16-13(17)7-4-8-15-16/h2-8,14H,9-10H2,1H3. The van der Waals surface area contributed by atoms with Gasteiger partial charge in [-0.15, -0.1) is 0 Å². The Morgan fingerprint density at radius 1 is 1.24 bits per heavy atom. The molecule has 2 aromatic rings. The highest BCUT2D eigenvalue weighted by Crippen LogP contribution is 2.12. The Labute approximate surface area is 99.9 Å². The van der Waals surface area contributed by atoms with Crippen LogP contribution in [0.4, 0.5) is 5.69 Å². The van der Waals surface area contributed by atoms with Crippen molar-refractivity contribution in [3.05, 3.63) is 58.5 Å². The van der Waals surface area contributed by atoms with E-state index in [1.807, 2.05) is 18.2 Å². The van der Waals surface area contributed by atoms with Gasteiger partial charge in [-0.2, -0.15) is 5.10 Å². The Morgan fingerprint density at radius 3 is 2.82 bits per heavy atom. The molecular weight excluding hydrogens is 214 g/mol. The first-order valence-corrected chi connectivity index (χ1v) is 5.59. The Morgan fingerprint density at radius 2 is 2.06 bits per heavy atom. The lowest BCUT2D eigenvalue weighted by Crippen LogP contribution is -2.24. The number of rotatable bonds is 4. The zero-order valence-electron chi connectivity index (χ0n) is 9.76. The number of nitrogens with zero attached hydrogens (tertiary/aromatic N) is 2. The van der Waals surface area contributed by atoms with Crippen LogP contribution >= 0.6 is 0 Å². The minimum Gasteiger partial charge on any atom is -0.383 e. The van der Waals surface area contributed by atoms with E-state index in [1.165, 1.54) is 16.3 Å². The van der Waals surface area contributed by atoms with E-state index in [9.17, 15) is 4.79 Å². The van der Waals surface area contributed by atoms with Gasteiger partial charge in [-0.25, -0.2) is 4.68 Å². The molecule has 0 aliphatic rings. The normalized spacial score (nSPS) is 10.2. The molecule has 0 aliphatic carbocycles. The fourth-order valence-electron chi connectivity index (χ4n) is 1.62. The van der Waals surface area contributed by atoms with Crippen molar-refractivity contribution in [1.82, 2.24) is 9.78 Å². The Hall–Kier alpha value is -2.10. The number of para-hydroxylation sites is 1. The molecule has 0 bridgehead atoms. The van der Waals surface area contributed by atoms with Crippen molar-refractivity contribution in [3.8, 4) is 0 Å². The van der Waals surface area contributed by atoms with Gasteiger partial charge in [0.2, 0.25) is 0 Å². The van der Waals surface area contributed by atoms with Crippen LogP contribution in [0.15, 0.2) is 47.4 Å². The second-order valence-corrected chi connectivity index (χ2v) is 3.83. The third kappa shape index (κ3) is 2.93. The van der Waals surface area contributed by atoms with E-state index >= 15 is 0 Å². The summed E-state index contributed by atoms with van der Waals surface area (Å²) >= 11 is 0. The van der Waals surface area contributed by atoms with Gasteiger partial charge >= 0.3 is 0 Å². The fourth-order valence-corrected chi connectivity index (χ4v) is 1.62. The van der Waals surface area contributed by atoms with Crippen molar-refractivity contribution in [2.75, 3.05) is 11.9 Å². The van der Waals surface area contributed by atoms with Gasteiger partial charge in [0, 0.05) is 24.5 Å². The molecule has 1 aromatic carbocycles. The first kappa shape index (κ1) is 11.4. The molecule has 0 spiro atoms. The third-order valence-electron chi connectivity index (χ3n) is 2.57. The van der Waals surface area contributed by atoms with Crippen LogP contribution in [0.2, 0.25) is 0 Å². The van der Waals surface area contributed by atoms with E-state index in [0.717, 1.165) is 5.69 Å². The molecule has 0 aliphatic heterocycles. The largest absolute Gasteiger partial charge is 0.383 e. The third-order valence-corrected chi connectivity index (χ3v) is 2.57. The molecule has 4 heteroatoms. The predicted molar refractivity (Wildman–Crippen MR) is 68.2 cm³/mol. The van der Waals surface area contributed by atoms with Crippen LogP contribution in [-0.4, -0.2) is 16.3 Å². The van der Waals surface area contributed by atoms with Crippen LogP contribution < -0.4 is 10.9 Å². The molecule has 2 rings (SSSR count).